The van der Waals surface area contributed by atoms with E-state index in [-0.39, 0.29) is 0 Å². The van der Waals surface area contributed by atoms with Crippen molar-refractivity contribution < 1.29 is 9.53 Å². The molecule has 0 atom stereocenters. The lowest BCUT2D eigenvalue weighted by atomic mass is 10.2. The van der Waals surface area contributed by atoms with E-state index >= 15 is 0 Å². The fourth-order valence-electron chi connectivity index (χ4n) is 2.75. The number of benzene rings is 2. The zero-order valence-electron chi connectivity index (χ0n) is 15.5. The molecule has 0 aliphatic carbocycles. The lowest BCUT2D eigenvalue weighted by molar-refractivity contribution is 0.0602. The van der Waals surface area contributed by atoms with Crippen LogP contribution in [0.25, 0.3) is 0 Å². The van der Waals surface area contributed by atoms with Gasteiger partial charge in [0.15, 0.2) is 5.82 Å². The molecule has 0 bridgehead atoms. The van der Waals surface area contributed by atoms with Crippen LogP contribution in [0.2, 0.25) is 0 Å². The van der Waals surface area contributed by atoms with Crippen LogP contribution in [-0.2, 0) is 4.74 Å². The highest BCUT2D eigenvalue weighted by atomic mass is 16.5. The Morgan fingerprint density at radius 3 is 2.74 bits per heavy atom. The van der Waals surface area contributed by atoms with Gasteiger partial charge < -0.3 is 15.0 Å². The van der Waals surface area contributed by atoms with Gasteiger partial charge in [-0.15, -0.1) is 5.10 Å². The Kier molecular flexibility index (Phi) is 5.61. The van der Waals surface area contributed by atoms with Crippen LogP contribution < -0.4 is 10.2 Å². The van der Waals surface area contributed by atoms with Crippen LogP contribution in [0.15, 0.2) is 54.7 Å². The molecule has 0 radical (unpaired) electrons. The summed E-state index contributed by atoms with van der Waals surface area (Å²) >= 11 is 0. The van der Waals surface area contributed by atoms with E-state index in [1.807, 2.05) is 43.0 Å². The molecular weight excluding hydrogens is 342 g/mol. The van der Waals surface area contributed by atoms with Crippen molar-refractivity contribution >= 4 is 29.1 Å². The Morgan fingerprint density at radius 1 is 1.19 bits per heavy atom. The van der Waals surface area contributed by atoms with E-state index in [0.717, 1.165) is 12.2 Å². The van der Waals surface area contributed by atoms with Crippen LogP contribution in [0.1, 0.15) is 22.8 Å². The van der Waals surface area contributed by atoms with E-state index in [1.54, 1.807) is 24.4 Å². The molecule has 0 amide bonds. The number of carbonyl (C=O) groups is 1. The second kappa shape index (κ2) is 8.27. The summed E-state index contributed by atoms with van der Waals surface area (Å²) < 4.78 is 4.82. The van der Waals surface area contributed by atoms with E-state index in [2.05, 4.69) is 26.6 Å². The maximum atomic E-state index is 11.9. The minimum absolute atomic E-state index is 0.301. The summed E-state index contributed by atoms with van der Waals surface area (Å²) in [6.07, 6.45) is 1.61. The molecule has 2 aromatic carbocycles. The van der Waals surface area contributed by atoms with Crippen LogP contribution in [-0.4, -0.2) is 34.8 Å². The van der Waals surface area contributed by atoms with Crippen LogP contribution in [0.4, 0.5) is 23.1 Å². The van der Waals surface area contributed by atoms with Gasteiger partial charge >= 0.3 is 5.97 Å². The molecule has 3 aromatic rings. The summed E-state index contributed by atoms with van der Waals surface area (Å²) in [4.78, 5) is 18.5. The number of carbonyl (C=O) groups excluding carboxylic acids is 1. The topological polar surface area (TPSA) is 80.2 Å². The van der Waals surface area contributed by atoms with Gasteiger partial charge in [0.25, 0.3) is 0 Å². The number of ether oxygens (including phenoxy) is 1. The summed E-state index contributed by atoms with van der Waals surface area (Å²) in [5.74, 6) is 0.531. The summed E-state index contributed by atoms with van der Waals surface area (Å²) in [6, 6.07) is 15.2. The fraction of sp³-hybridized carbons (Fsp3) is 0.200. The number of esters is 1. The minimum Gasteiger partial charge on any atom is -0.465 e. The molecule has 0 aliphatic heterocycles. The average Bonchev–Trinajstić information content (AvgIpc) is 2.69. The molecule has 7 heteroatoms. The third-order valence-electron chi connectivity index (χ3n) is 4.03. The largest absolute Gasteiger partial charge is 0.465 e. The van der Waals surface area contributed by atoms with Crippen molar-refractivity contribution in [1.82, 2.24) is 15.2 Å². The Bertz CT molecular complexity index is 945. The number of hydrogen-bond donors (Lipinski definition) is 1. The molecule has 138 valence electrons. The fourth-order valence-corrected chi connectivity index (χ4v) is 2.75. The van der Waals surface area contributed by atoms with Gasteiger partial charge in [-0.3, -0.25) is 0 Å². The normalized spacial score (nSPS) is 10.3. The van der Waals surface area contributed by atoms with Crippen molar-refractivity contribution in [2.45, 2.75) is 13.8 Å². The molecule has 1 aromatic heterocycles. The number of aromatic nitrogens is 3. The summed E-state index contributed by atoms with van der Waals surface area (Å²) in [5.41, 5.74) is 3.15. The lowest BCUT2D eigenvalue weighted by Crippen LogP contribution is -2.18. The van der Waals surface area contributed by atoms with Crippen molar-refractivity contribution in [3.8, 4) is 0 Å². The van der Waals surface area contributed by atoms with Gasteiger partial charge in [-0.2, -0.15) is 10.1 Å². The van der Waals surface area contributed by atoms with E-state index in [1.165, 1.54) is 12.7 Å². The second-order valence-corrected chi connectivity index (χ2v) is 5.88. The predicted octanol–water partition coefficient (Wildman–Crippen LogP) is 3.87. The standard InChI is InChI=1S/C20H21N5O2/c1-4-25(15-9-7-8-14(2)12-15)18-13-21-24-20(23-18)22-17-11-6-5-10-16(17)19(26)27-3/h5-13H,4H2,1-3H3,(H,22,23,24). The SMILES string of the molecule is CCN(c1cccc(C)c1)c1cnnc(Nc2ccccc2C(=O)OC)n1. The van der Waals surface area contributed by atoms with Crippen molar-refractivity contribution in [2.24, 2.45) is 0 Å². The Balaban J connectivity index is 1.91. The molecular formula is C20H21N5O2. The Morgan fingerprint density at radius 2 is 2.00 bits per heavy atom. The van der Waals surface area contributed by atoms with E-state index in [0.29, 0.717) is 23.0 Å². The van der Waals surface area contributed by atoms with Gasteiger partial charge in [0.05, 0.1) is 24.6 Å². The first-order valence-electron chi connectivity index (χ1n) is 8.60. The average molecular weight is 363 g/mol. The van der Waals surface area contributed by atoms with Crippen molar-refractivity contribution in [3.05, 3.63) is 65.9 Å². The van der Waals surface area contributed by atoms with Crippen molar-refractivity contribution in [1.29, 1.82) is 0 Å². The van der Waals surface area contributed by atoms with Gasteiger partial charge in [-0.1, -0.05) is 24.3 Å². The highest BCUT2D eigenvalue weighted by molar-refractivity contribution is 5.96. The van der Waals surface area contributed by atoms with Gasteiger partial charge in [0.2, 0.25) is 5.95 Å². The third kappa shape index (κ3) is 4.20. The molecule has 1 N–H and O–H groups in total. The number of aryl methyl sites for hydroxylation is 1. The number of methoxy groups -OCH3 is 1. The van der Waals surface area contributed by atoms with Gasteiger partial charge in [0.1, 0.15) is 0 Å². The van der Waals surface area contributed by atoms with Crippen LogP contribution in [0.5, 0.6) is 0 Å². The molecule has 3 rings (SSSR count). The molecule has 0 saturated heterocycles. The monoisotopic (exact) mass is 363 g/mol. The summed E-state index contributed by atoms with van der Waals surface area (Å²) in [5, 5.41) is 11.2. The second-order valence-electron chi connectivity index (χ2n) is 5.88. The molecule has 0 fully saturated rings. The van der Waals surface area contributed by atoms with Crippen molar-refractivity contribution in [2.75, 3.05) is 23.9 Å². The zero-order valence-corrected chi connectivity index (χ0v) is 15.5. The van der Waals surface area contributed by atoms with Gasteiger partial charge in [-0.05, 0) is 43.7 Å². The maximum Gasteiger partial charge on any atom is 0.339 e. The van der Waals surface area contributed by atoms with Gasteiger partial charge in [-0.25, -0.2) is 4.79 Å². The Labute approximate surface area is 158 Å². The highest BCUT2D eigenvalue weighted by Crippen LogP contribution is 2.25. The van der Waals surface area contributed by atoms with Crippen LogP contribution in [0, 0.1) is 6.92 Å². The summed E-state index contributed by atoms with van der Waals surface area (Å²) in [6.45, 7) is 4.82. The molecule has 27 heavy (non-hydrogen) atoms. The van der Waals surface area contributed by atoms with Crippen molar-refractivity contribution in [3.63, 3.8) is 0 Å². The molecule has 0 saturated carbocycles. The van der Waals surface area contributed by atoms with Crippen LogP contribution >= 0.6 is 0 Å². The predicted molar refractivity (Wildman–Crippen MR) is 105 cm³/mol. The molecule has 1 heterocycles. The number of rotatable bonds is 6. The number of para-hydroxylation sites is 1. The first kappa shape index (κ1) is 18.3. The third-order valence-corrected chi connectivity index (χ3v) is 4.03. The zero-order chi connectivity index (χ0) is 19.2. The molecule has 0 unspecified atom stereocenters. The number of hydrogen-bond acceptors (Lipinski definition) is 7. The van der Waals surface area contributed by atoms with E-state index in [9.17, 15) is 4.79 Å². The highest BCUT2D eigenvalue weighted by Gasteiger charge is 2.14. The van der Waals surface area contributed by atoms with E-state index in [4.69, 9.17) is 4.74 Å². The first-order valence-corrected chi connectivity index (χ1v) is 8.60. The maximum absolute atomic E-state index is 11.9. The minimum atomic E-state index is -0.433. The summed E-state index contributed by atoms with van der Waals surface area (Å²) in [7, 11) is 1.35. The quantitative estimate of drug-likeness (QED) is 0.666. The van der Waals surface area contributed by atoms with Crippen LogP contribution in [0.3, 0.4) is 0 Å². The first-order chi connectivity index (χ1) is 13.1. The van der Waals surface area contributed by atoms with E-state index < -0.39 is 5.97 Å². The van der Waals surface area contributed by atoms with Gasteiger partial charge in [0, 0.05) is 12.2 Å². The number of nitrogens with one attached hydrogen (secondary N) is 1. The number of nitrogens with zero attached hydrogens (tertiary/aromatic N) is 4. The molecule has 0 spiro atoms. The smallest absolute Gasteiger partial charge is 0.339 e. The lowest BCUT2D eigenvalue weighted by Gasteiger charge is -2.22. The molecule has 0 aliphatic rings. The molecule has 7 nitrogen and oxygen atoms in total. The Hall–Kier alpha value is -3.48. The number of anilines is 4.